The van der Waals surface area contributed by atoms with Gasteiger partial charge in [-0.05, 0) is 174 Å². The molecule has 342 valence electrons. The van der Waals surface area contributed by atoms with Gasteiger partial charge in [0.1, 0.15) is 5.75 Å². The molecule has 0 fully saturated rings. The van der Waals surface area contributed by atoms with Gasteiger partial charge in [-0.25, -0.2) is 0 Å². The van der Waals surface area contributed by atoms with Gasteiger partial charge in [0.15, 0.2) is 0 Å². The van der Waals surface area contributed by atoms with Crippen LogP contribution < -0.4 is 4.74 Å². The normalized spacial score (nSPS) is 13.8. The molecule has 72 heavy (non-hydrogen) atoms. The SMILES string of the molecule is COc1ccc(-c2ccc(-c3c4ccccc4c(-c4c5ccccc5c(-c5ccc6c(c5)C(C)(C)c5cc(-c7ccc8c(c7)C(C)(C)c7ccccc7-8)ccc5-6)c5ccccc45)c4ccccc34)cc2)cc1. The molecule has 14 rings (SSSR count). The van der Waals surface area contributed by atoms with Crippen molar-refractivity contribution in [3.63, 3.8) is 0 Å². The third-order valence-corrected chi connectivity index (χ3v) is 16.6. The zero-order valence-corrected chi connectivity index (χ0v) is 41.3. The summed E-state index contributed by atoms with van der Waals surface area (Å²) in [7, 11) is 1.71. The molecule has 0 saturated carbocycles. The predicted molar refractivity (Wildman–Crippen MR) is 305 cm³/mol. The Morgan fingerprint density at radius 1 is 0.250 bits per heavy atom. The van der Waals surface area contributed by atoms with E-state index in [2.05, 4.69) is 240 Å². The second-order valence-corrected chi connectivity index (χ2v) is 21.1. The lowest BCUT2D eigenvalue weighted by molar-refractivity contribution is 0.415. The first-order chi connectivity index (χ1) is 35.2. The summed E-state index contributed by atoms with van der Waals surface area (Å²) in [5, 5.41) is 10.0. The lowest BCUT2D eigenvalue weighted by atomic mass is 9.79. The van der Waals surface area contributed by atoms with E-state index in [1.165, 1.54) is 143 Å². The topological polar surface area (TPSA) is 9.23 Å². The number of ether oxygens (including phenoxy) is 1. The van der Waals surface area contributed by atoms with Crippen LogP contribution in [-0.4, -0.2) is 7.11 Å². The van der Waals surface area contributed by atoms with E-state index in [0.29, 0.717) is 0 Å². The van der Waals surface area contributed by atoms with Crippen molar-refractivity contribution in [2.45, 2.75) is 38.5 Å². The Hall–Kier alpha value is -8.52. The van der Waals surface area contributed by atoms with Crippen molar-refractivity contribution in [3.8, 4) is 83.6 Å². The number of hydrogen-bond acceptors (Lipinski definition) is 1. The van der Waals surface area contributed by atoms with Crippen molar-refractivity contribution in [1.29, 1.82) is 0 Å². The zero-order valence-electron chi connectivity index (χ0n) is 41.3. The molecule has 0 bridgehead atoms. The number of benzene rings is 12. The van der Waals surface area contributed by atoms with Crippen molar-refractivity contribution < 1.29 is 4.74 Å². The fourth-order valence-electron chi connectivity index (χ4n) is 13.0. The molecule has 2 aliphatic rings. The van der Waals surface area contributed by atoms with Crippen molar-refractivity contribution in [3.05, 3.63) is 247 Å². The van der Waals surface area contributed by atoms with Gasteiger partial charge < -0.3 is 4.74 Å². The number of fused-ring (bicyclic) bond motifs is 10. The summed E-state index contributed by atoms with van der Waals surface area (Å²) in [6.45, 7) is 9.58. The van der Waals surface area contributed by atoms with Crippen LogP contribution in [-0.2, 0) is 10.8 Å². The van der Waals surface area contributed by atoms with Gasteiger partial charge in [-0.2, -0.15) is 0 Å². The van der Waals surface area contributed by atoms with E-state index < -0.39 is 0 Å². The Morgan fingerprint density at radius 2 is 0.542 bits per heavy atom. The van der Waals surface area contributed by atoms with E-state index in [0.717, 1.165) is 5.75 Å². The summed E-state index contributed by atoms with van der Waals surface area (Å²) in [5.41, 5.74) is 23.1. The van der Waals surface area contributed by atoms with E-state index >= 15 is 0 Å². The minimum absolute atomic E-state index is 0.0451. The fourth-order valence-corrected chi connectivity index (χ4v) is 13.0. The van der Waals surface area contributed by atoms with E-state index in [1.54, 1.807) is 7.11 Å². The van der Waals surface area contributed by atoms with E-state index in [9.17, 15) is 0 Å². The molecule has 0 unspecified atom stereocenters. The summed E-state index contributed by atoms with van der Waals surface area (Å²) >= 11 is 0. The molecule has 1 nitrogen and oxygen atoms in total. The van der Waals surface area contributed by atoms with Gasteiger partial charge in [-0.3, -0.25) is 0 Å². The fraction of sp³-hybridized carbons (Fsp3) is 0.0986. The molecule has 1 heteroatoms. The van der Waals surface area contributed by atoms with Crippen LogP contribution in [0.4, 0.5) is 0 Å². The van der Waals surface area contributed by atoms with Crippen molar-refractivity contribution in [2.75, 3.05) is 7.11 Å². The van der Waals surface area contributed by atoms with Gasteiger partial charge >= 0.3 is 0 Å². The molecule has 0 amide bonds. The average molecular weight is 921 g/mol. The van der Waals surface area contributed by atoms with E-state index in [-0.39, 0.29) is 10.8 Å². The molecule has 0 N–H and O–H groups in total. The summed E-state index contributed by atoms with van der Waals surface area (Å²) in [4.78, 5) is 0. The highest BCUT2D eigenvalue weighted by Crippen LogP contribution is 2.55. The smallest absolute Gasteiger partial charge is 0.118 e. The molecule has 0 radical (unpaired) electrons. The van der Waals surface area contributed by atoms with Crippen LogP contribution in [0.2, 0.25) is 0 Å². The maximum absolute atomic E-state index is 5.44. The third-order valence-electron chi connectivity index (χ3n) is 16.6. The Labute approximate surface area is 421 Å². The average Bonchev–Trinajstić information content (AvgIpc) is 3.80. The minimum atomic E-state index is -0.204. The molecule has 0 heterocycles. The largest absolute Gasteiger partial charge is 0.497 e. The van der Waals surface area contributed by atoms with Crippen molar-refractivity contribution >= 4 is 43.1 Å². The molecule has 2 aliphatic carbocycles. The molecule has 0 aromatic heterocycles. The van der Waals surface area contributed by atoms with Gasteiger partial charge in [0, 0.05) is 10.8 Å². The lowest BCUT2D eigenvalue weighted by Gasteiger charge is -2.24. The van der Waals surface area contributed by atoms with Crippen LogP contribution in [0.25, 0.3) is 121 Å². The highest BCUT2D eigenvalue weighted by Gasteiger charge is 2.38. The summed E-state index contributed by atoms with van der Waals surface area (Å²) in [6.07, 6.45) is 0. The second-order valence-electron chi connectivity index (χ2n) is 21.1. The molecule has 12 aromatic rings. The highest BCUT2D eigenvalue weighted by atomic mass is 16.5. The zero-order chi connectivity index (χ0) is 48.5. The van der Waals surface area contributed by atoms with Crippen LogP contribution in [0.1, 0.15) is 49.9 Å². The van der Waals surface area contributed by atoms with Crippen LogP contribution in [0.5, 0.6) is 5.75 Å². The van der Waals surface area contributed by atoms with Gasteiger partial charge in [0.2, 0.25) is 0 Å². The van der Waals surface area contributed by atoms with Crippen LogP contribution in [0, 0.1) is 0 Å². The Bertz CT molecular complexity index is 4110. The quantitative estimate of drug-likeness (QED) is 0.151. The predicted octanol–water partition coefficient (Wildman–Crippen LogP) is 19.3. The standard InChI is InChI=1S/C71H52O/c1-70(2)62-25-15-14-16-50(62)51-37-32-46(40-63(51)70)47-33-38-52-53-39-34-48(42-65(53)71(3,4)64(52)41-47)67-56-19-8-12-23-60(56)69(61-24-13-9-20-57(61)67)68-58-21-10-6-17-54(58)66(55-18-7-11-22-59(55)68)45-28-26-43(27-29-45)44-30-35-49(72-5)36-31-44/h6-42H,1-5H3. The van der Waals surface area contributed by atoms with Gasteiger partial charge in [-0.15, -0.1) is 0 Å². The molecular formula is C71H52O. The maximum atomic E-state index is 5.44. The first-order valence-electron chi connectivity index (χ1n) is 25.4. The van der Waals surface area contributed by atoms with E-state index in [1.807, 2.05) is 12.1 Å². The number of methoxy groups -OCH3 is 1. The lowest BCUT2D eigenvalue weighted by Crippen LogP contribution is -2.15. The first kappa shape index (κ1) is 42.4. The number of rotatable bonds is 6. The third kappa shape index (κ3) is 6.13. The van der Waals surface area contributed by atoms with Crippen molar-refractivity contribution in [1.82, 2.24) is 0 Å². The van der Waals surface area contributed by atoms with Crippen LogP contribution >= 0.6 is 0 Å². The minimum Gasteiger partial charge on any atom is -0.497 e. The molecule has 12 aromatic carbocycles. The summed E-state index contributed by atoms with van der Waals surface area (Å²) < 4.78 is 5.44. The van der Waals surface area contributed by atoms with Gasteiger partial charge in [-0.1, -0.05) is 222 Å². The van der Waals surface area contributed by atoms with Crippen molar-refractivity contribution in [2.24, 2.45) is 0 Å². The second kappa shape index (κ2) is 15.7. The van der Waals surface area contributed by atoms with E-state index in [4.69, 9.17) is 4.74 Å². The number of hydrogen-bond donors (Lipinski definition) is 0. The van der Waals surface area contributed by atoms with Crippen LogP contribution in [0.15, 0.2) is 224 Å². The molecular weight excluding hydrogens is 869 g/mol. The highest BCUT2D eigenvalue weighted by molar-refractivity contribution is 6.30. The first-order valence-corrected chi connectivity index (χ1v) is 25.4. The van der Waals surface area contributed by atoms with Gasteiger partial charge in [0.25, 0.3) is 0 Å². The molecule has 0 spiro atoms. The van der Waals surface area contributed by atoms with Gasteiger partial charge in [0.05, 0.1) is 7.11 Å². The molecule has 0 atom stereocenters. The summed E-state index contributed by atoms with van der Waals surface area (Å²) in [5.74, 6) is 0.860. The van der Waals surface area contributed by atoms with Crippen LogP contribution in [0.3, 0.4) is 0 Å². The summed E-state index contributed by atoms with van der Waals surface area (Å²) in [6, 6.07) is 84.3. The maximum Gasteiger partial charge on any atom is 0.118 e. The Balaban J connectivity index is 0.908. The Morgan fingerprint density at radius 3 is 0.972 bits per heavy atom. The monoisotopic (exact) mass is 920 g/mol. The molecule has 0 saturated heterocycles. The molecule has 0 aliphatic heterocycles. The Kier molecular flexibility index (Phi) is 9.26.